The van der Waals surface area contributed by atoms with Crippen LogP contribution in [0.5, 0.6) is 5.75 Å². The first kappa shape index (κ1) is 30.9. The fourth-order valence-corrected chi connectivity index (χ4v) is 4.68. The van der Waals surface area contributed by atoms with Crippen LogP contribution >= 0.6 is 0 Å². The molecule has 2 rings (SSSR count). The summed E-state index contributed by atoms with van der Waals surface area (Å²) in [5.41, 5.74) is 10.3. The highest BCUT2D eigenvalue weighted by Gasteiger charge is 2.35. The molecule has 208 valence electrons. The second kappa shape index (κ2) is 15.2. The Morgan fingerprint density at radius 1 is 0.868 bits per heavy atom. The number of amides is 1. The number of ether oxygens (including phenoxy) is 3. The van der Waals surface area contributed by atoms with Crippen LogP contribution in [0, 0.1) is 19.3 Å². The number of nitrogens with two attached hydrogens (primary N) is 1. The van der Waals surface area contributed by atoms with Crippen molar-refractivity contribution >= 4 is 17.8 Å². The molecule has 0 aliphatic rings. The van der Waals surface area contributed by atoms with E-state index in [1.165, 1.54) is 38.7 Å². The lowest BCUT2D eigenvalue weighted by Gasteiger charge is -2.31. The molecule has 0 bridgehead atoms. The van der Waals surface area contributed by atoms with Crippen molar-refractivity contribution in [2.75, 3.05) is 19.8 Å². The SMILES string of the molecule is CCCCCCOc1cc(C)c(-c2ccc(CCC(COC(C)=O)(COC(C)=O)CC(N)=O)cc2)c(C)c1. The van der Waals surface area contributed by atoms with Crippen LogP contribution in [0.2, 0.25) is 0 Å². The first-order valence-electron chi connectivity index (χ1n) is 13.4. The van der Waals surface area contributed by atoms with Crippen LogP contribution < -0.4 is 10.5 Å². The molecule has 0 radical (unpaired) electrons. The molecule has 0 fully saturated rings. The molecule has 0 aromatic heterocycles. The molecule has 2 aromatic carbocycles. The van der Waals surface area contributed by atoms with E-state index in [-0.39, 0.29) is 19.6 Å². The number of carbonyl (C=O) groups excluding carboxylic acids is 3. The van der Waals surface area contributed by atoms with Crippen molar-refractivity contribution in [1.82, 2.24) is 0 Å². The summed E-state index contributed by atoms with van der Waals surface area (Å²) in [5.74, 6) is -0.573. The molecular formula is C31H43NO6. The van der Waals surface area contributed by atoms with Gasteiger partial charge < -0.3 is 19.9 Å². The van der Waals surface area contributed by atoms with Gasteiger partial charge in [-0.3, -0.25) is 14.4 Å². The third-order valence-electron chi connectivity index (χ3n) is 6.67. The van der Waals surface area contributed by atoms with E-state index in [4.69, 9.17) is 19.9 Å². The van der Waals surface area contributed by atoms with Gasteiger partial charge in [0, 0.05) is 25.7 Å². The minimum absolute atomic E-state index is 0.0535. The highest BCUT2D eigenvalue weighted by atomic mass is 16.5. The number of rotatable bonds is 16. The van der Waals surface area contributed by atoms with E-state index in [1.807, 2.05) is 0 Å². The summed E-state index contributed by atoms with van der Waals surface area (Å²) in [6.07, 6.45) is 5.70. The maximum Gasteiger partial charge on any atom is 0.302 e. The molecule has 0 saturated carbocycles. The van der Waals surface area contributed by atoms with Gasteiger partial charge in [-0.15, -0.1) is 0 Å². The third-order valence-corrected chi connectivity index (χ3v) is 6.67. The number of carbonyl (C=O) groups is 3. The van der Waals surface area contributed by atoms with Crippen molar-refractivity contribution in [1.29, 1.82) is 0 Å². The fraction of sp³-hybridized carbons (Fsp3) is 0.516. The summed E-state index contributed by atoms with van der Waals surface area (Å²) in [6.45, 7) is 9.63. The summed E-state index contributed by atoms with van der Waals surface area (Å²) < 4.78 is 16.5. The van der Waals surface area contributed by atoms with Crippen molar-refractivity contribution in [2.24, 2.45) is 11.1 Å². The van der Waals surface area contributed by atoms with Gasteiger partial charge in [-0.2, -0.15) is 0 Å². The maximum atomic E-state index is 11.8. The number of aryl methyl sites for hydroxylation is 3. The molecule has 0 heterocycles. The van der Waals surface area contributed by atoms with E-state index in [1.54, 1.807) is 0 Å². The van der Waals surface area contributed by atoms with Gasteiger partial charge in [0.2, 0.25) is 5.91 Å². The van der Waals surface area contributed by atoms with E-state index in [0.29, 0.717) is 12.8 Å². The van der Waals surface area contributed by atoms with Crippen LogP contribution in [0.15, 0.2) is 36.4 Å². The Hall–Kier alpha value is -3.35. The van der Waals surface area contributed by atoms with Gasteiger partial charge in [-0.1, -0.05) is 50.5 Å². The lowest BCUT2D eigenvalue weighted by atomic mass is 9.80. The van der Waals surface area contributed by atoms with Crippen molar-refractivity contribution in [2.45, 2.75) is 79.6 Å². The number of primary amides is 1. The minimum atomic E-state index is -0.888. The Labute approximate surface area is 227 Å². The first-order valence-corrected chi connectivity index (χ1v) is 13.4. The molecular weight excluding hydrogens is 482 g/mol. The van der Waals surface area contributed by atoms with Crippen molar-refractivity contribution < 1.29 is 28.6 Å². The third kappa shape index (κ3) is 10.2. The highest BCUT2D eigenvalue weighted by molar-refractivity contribution is 5.75. The molecule has 0 unspecified atom stereocenters. The minimum Gasteiger partial charge on any atom is -0.494 e. The molecule has 0 aliphatic carbocycles. The monoisotopic (exact) mass is 525 g/mol. The smallest absolute Gasteiger partial charge is 0.302 e. The van der Waals surface area contributed by atoms with Gasteiger partial charge in [0.25, 0.3) is 0 Å². The van der Waals surface area contributed by atoms with Crippen LogP contribution in [-0.4, -0.2) is 37.7 Å². The maximum absolute atomic E-state index is 11.8. The van der Waals surface area contributed by atoms with Crippen molar-refractivity contribution in [3.63, 3.8) is 0 Å². The van der Waals surface area contributed by atoms with Gasteiger partial charge >= 0.3 is 11.9 Å². The van der Waals surface area contributed by atoms with Gasteiger partial charge in [-0.05, 0) is 73.1 Å². The van der Waals surface area contributed by atoms with Crippen LogP contribution in [0.3, 0.4) is 0 Å². The Kier molecular flexibility index (Phi) is 12.3. The number of benzene rings is 2. The molecule has 0 saturated heterocycles. The number of esters is 2. The standard InChI is InChI=1S/C31H43NO6/c1-6-7-8-9-16-36-28-17-22(2)30(23(3)18-28)27-12-10-26(11-13-27)14-15-31(19-29(32)35,20-37-24(4)33)21-38-25(5)34/h10-13,17-18H,6-9,14-16,19-21H2,1-5H3,(H2,32,35). The molecule has 1 amide bonds. The summed E-state index contributed by atoms with van der Waals surface area (Å²) in [5, 5.41) is 0. The van der Waals surface area contributed by atoms with E-state index < -0.39 is 23.3 Å². The molecule has 0 spiro atoms. The predicted molar refractivity (Wildman–Crippen MR) is 149 cm³/mol. The van der Waals surface area contributed by atoms with Crippen LogP contribution in [0.1, 0.15) is 76.0 Å². The predicted octanol–water partition coefficient (Wildman–Crippen LogP) is 5.85. The molecule has 38 heavy (non-hydrogen) atoms. The highest BCUT2D eigenvalue weighted by Crippen LogP contribution is 2.33. The van der Waals surface area contributed by atoms with Gasteiger partial charge in [0.1, 0.15) is 19.0 Å². The van der Waals surface area contributed by atoms with E-state index in [9.17, 15) is 14.4 Å². The van der Waals surface area contributed by atoms with E-state index in [2.05, 4.69) is 57.2 Å². The lowest BCUT2D eigenvalue weighted by Crippen LogP contribution is -2.38. The summed E-state index contributed by atoms with van der Waals surface area (Å²) in [7, 11) is 0. The second-order valence-electron chi connectivity index (χ2n) is 10.2. The van der Waals surface area contributed by atoms with Crippen molar-refractivity contribution in [3.05, 3.63) is 53.1 Å². The normalized spacial score (nSPS) is 11.2. The largest absolute Gasteiger partial charge is 0.494 e. The van der Waals surface area contributed by atoms with Gasteiger partial charge in [0.15, 0.2) is 0 Å². The molecule has 0 atom stereocenters. The number of unbranched alkanes of at least 4 members (excludes halogenated alkanes) is 3. The zero-order chi connectivity index (χ0) is 28.1. The van der Waals surface area contributed by atoms with Gasteiger partial charge in [0.05, 0.1) is 6.61 Å². The number of hydrogen-bond donors (Lipinski definition) is 1. The Morgan fingerprint density at radius 3 is 1.95 bits per heavy atom. The van der Waals surface area contributed by atoms with E-state index >= 15 is 0 Å². The van der Waals surface area contributed by atoms with Crippen LogP contribution in [-0.2, 0) is 30.3 Å². The average molecular weight is 526 g/mol. The van der Waals surface area contributed by atoms with E-state index in [0.717, 1.165) is 41.0 Å². The topological polar surface area (TPSA) is 105 Å². The number of hydrogen-bond acceptors (Lipinski definition) is 6. The molecule has 2 N–H and O–H groups in total. The van der Waals surface area contributed by atoms with Crippen molar-refractivity contribution in [3.8, 4) is 16.9 Å². The first-order chi connectivity index (χ1) is 18.0. The molecule has 2 aromatic rings. The average Bonchev–Trinajstić information content (AvgIpc) is 2.85. The lowest BCUT2D eigenvalue weighted by molar-refractivity contribution is -0.154. The molecule has 0 aliphatic heterocycles. The zero-order valence-electron chi connectivity index (χ0n) is 23.6. The Morgan fingerprint density at radius 2 is 1.45 bits per heavy atom. The quantitative estimate of drug-likeness (QED) is 0.218. The van der Waals surface area contributed by atoms with Crippen LogP contribution in [0.4, 0.5) is 0 Å². The Balaban J connectivity index is 2.14. The van der Waals surface area contributed by atoms with Crippen LogP contribution in [0.25, 0.3) is 11.1 Å². The Bertz CT molecular complexity index is 1040. The second-order valence-corrected chi connectivity index (χ2v) is 10.2. The molecule has 7 nitrogen and oxygen atoms in total. The molecule has 7 heteroatoms. The summed E-state index contributed by atoms with van der Waals surface area (Å²) in [6, 6.07) is 12.5. The zero-order valence-corrected chi connectivity index (χ0v) is 23.6. The summed E-state index contributed by atoms with van der Waals surface area (Å²) >= 11 is 0. The van der Waals surface area contributed by atoms with Gasteiger partial charge in [-0.25, -0.2) is 0 Å². The fourth-order valence-electron chi connectivity index (χ4n) is 4.68. The summed E-state index contributed by atoms with van der Waals surface area (Å²) in [4.78, 5) is 34.8.